The topological polar surface area (TPSA) is 71.1 Å². The summed E-state index contributed by atoms with van der Waals surface area (Å²) in [6.07, 6.45) is 1.02. The summed E-state index contributed by atoms with van der Waals surface area (Å²) in [6.45, 7) is 7.59. The second-order valence-electron chi connectivity index (χ2n) is 3.69. The van der Waals surface area contributed by atoms with Crippen molar-refractivity contribution >= 4 is 5.84 Å². The average molecular weight is 217 g/mol. The summed E-state index contributed by atoms with van der Waals surface area (Å²) in [5.74, 6) is 0.242. The van der Waals surface area contributed by atoms with Crippen LogP contribution in [-0.4, -0.2) is 48.3 Å². The van der Waals surface area contributed by atoms with Gasteiger partial charge in [0.2, 0.25) is 0 Å². The van der Waals surface area contributed by atoms with Gasteiger partial charge < -0.3 is 15.7 Å². The molecule has 0 aromatic carbocycles. The van der Waals surface area contributed by atoms with Crippen LogP contribution >= 0.6 is 0 Å². The quantitative estimate of drug-likeness (QED) is 0.287. The Kier molecular flexibility index (Phi) is 7.07. The Labute approximate surface area is 91.9 Å². The highest BCUT2D eigenvalue weighted by atomic mass is 16.5. The molecular weight excluding hydrogens is 194 g/mol. The van der Waals surface area contributed by atoms with Crippen molar-refractivity contribution in [3.8, 4) is 0 Å². The van der Waals surface area contributed by atoms with Crippen molar-refractivity contribution in [3.05, 3.63) is 0 Å². The summed E-state index contributed by atoms with van der Waals surface area (Å²) in [4.78, 5) is 2.17. The molecule has 0 saturated carbocycles. The molecule has 90 valence electrons. The number of hydrogen-bond acceptors (Lipinski definition) is 4. The standard InChI is InChI=1S/C10H23N3O2/c1-5-8(2)13(6-7-15-4)9(3)10(11)12-14/h8-9,14H,5-7H2,1-4H3,(H2,11,12). The molecule has 0 aliphatic rings. The van der Waals surface area contributed by atoms with Crippen molar-refractivity contribution in [1.29, 1.82) is 0 Å². The fraction of sp³-hybridized carbons (Fsp3) is 0.900. The zero-order chi connectivity index (χ0) is 11.8. The third-order valence-corrected chi connectivity index (χ3v) is 2.75. The summed E-state index contributed by atoms with van der Waals surface area (Å²) < 4.78 is 5.05. The molecule has 0 spiro atoms. The van der Waals surface area contributed by atoms with Crippen molar-refractivity contribution in [2.45, 2.75) is 39.3 Å². The van der Waals surface area contributed by atoms with Crippen LogP contribution in [0.1, 0.15) is 27.2 Å². The monoisotopic (exact) mass is 217 g/mol. The van der Waals surface area contributed by atoms with Crippen molar-refractivity contribution in [1.82, 2.24) is 4.90 Å². The number of amidine groups is 1. The summed E-state index contributed by atoms with van der Waals surface area (Å²) >= 11 is 0. The zero-order valence-electron chi connectivity index (χ0n) is 10.1. The molecule has 2 unspecified atom stereocenters. The Hall–Kier alpha value is -0.810. The molecule has 0 aliphatic carbocycles. The van der Waals surface area contributed by atoms with E-state index < -0.39 is 0 Å². The van der Waals surface area contributed by atoms with Gasteiger partial charge in [-0.1, -0.05) is 12.1 Å². The highest BCUT2D eigenvalue weighted by Gasteiger charge is 2.21. The van der Waals surface area contributed by atoms with E-state index in [1.807, 2.05) is 6.92 Å². The van der Waals surface area contributed by atoms with Gasteiger partial charge in [0.15, 0.2) is 5.84 Å². The van der Waals surface area contributed by atoms with Crippen LogP contribution in [-0.2, 0) is 4.74 Å². The lowest BCUT2D eigenvalue weighted by atomic mass is 10.1. The molecule has 0 aromatic heterocycles. The third kappa shape index (κ3) is 4.48. The van der Waals surface area contributed by atoms with Crippen LogP contribution in [0.15, 0.2) is 5.16 Å². The lowest BCUT2D eigenvalue weighted by Crippen LogP contribution is -2.48. The maximum Gasteiger partial charge on any atom is 0.156 e. The molecule has 5 heteroatoms. The minimum absolute atomic E-state index is 0.0694. The number of ether oxygens (including phenoxy) is 1. The Morgan fingerprint density at radius 2 is 2.13 bits per heavy atom. The van der Waals surface area contributed by atoms with E-state index in [1.54, 1.807) is 7.11 Å². The lowest BCUT2D eigenvalue weighted by molar-refractivity contribution is 0.112. The van der Waals surface area contributed by atoms with Crippen molar-refractivity contribution in [2.24, 2.45) is 10.9 Å². The van der Waals surface area contributed by atoms with Gasteiger partial charge in [-0.2, -0.15) is 0 Å². The van der Waals surface area contributed by atoms with Gasteiger partial charge in [-0.25, -0.2) is 0 Å². The number of oxime groups is 1. The average Bonchev–Trinajstić information content (AvgIpc) is 2.27. The first-order valence-corrected chi connectivity index (χ1v) is 5.30. The number of nitrogens with two attached hydrogens (primary N) is 1. The van der Waals surface area contributed by atoms with Crippen LogP contribution in [0, 0.1) is 0 Å². The van der Waals surface area contributed by atoms with E-state index in [0.717, 1.165) is 13.0 Å². The van der Waals surface area contributed by atoms with Crippen LogP contribution < -0.4 is 5.73 Å². The zero-order valence-corrected chi connectivity index (χ0v) is 10.1. The molecule has 0 saturated heterocycles. The van der Waals surface area contributed by atoms with E-state index in [2.05, 4.69) is 23.9 Å². The van der Waals surface area contributed by atoms with Gasteiger partial charge in [-0.05, 0) is 20.3 Å². The van der Waals surface area contributed by atoms with Gasteiger partial charge in [-0.3, -0.25) is 4.90 Å². The second kappa shape index (κ2) is 7.48. The molecule has 5 nitrogen and oxygen atoms in total. The number of rotatable bonds is 7. The molecule has 15 heavy (non-hydrogen) atoms. The Balaban J connectivity index is 4.46. The van der Waals surface area contributed by atoms with Gasteiger partial charge in [0.25, 0.3) is 0 Å². The van der Waals surface area contributed by atoms with Crippen LogP contribution in [0.5, 0.6) is 0 Å². The molecule has 0 amide bonds. The molecule has 0 aliphatic heterocycles. The molecule has 0 bridgehead atoms. The van der Waals surface area contributed by atoms with Gasteiger partial charge in [0.05, 0.1) is 12.6 Å². The maximum absolute atomic E-state index is 8.64. The van der Waals surface area contributed by atoms with Crippen molar-refractivity contribution in [2.75, 3.05) is 20.3 Å². The lowest BCUT2D eigenvalue weighted by Gasteiger charge is -2.33. The molecule has 2 atom stereocenters. The minimum atomic E-state index is -0.0694. The molecule has 0 aromatic rings. The molecular formula is C10H23N3O2. The van der Waals surface area contributed by atoms with Crippen LogP contribution in [0.4, 0.5) is 0 Å². The summed E-state index contributed by atoms with van der Waals surface area (Å²) in [6, 6.07) is 0.315. The van der Waals surface area contributed by atoms with Crippen molar-refractivity contribution < 1.29 is 9.94 Å². The number of hydrogen-bond donors (Lipinski definition) is 2. The maximum atomic E-state index is 8.64. The molecule has 0 radical (unpaired) electrons. The smallest absolute Gasteiger partial charge is 0.156 e. The highest BCUT2D eigenvalue weighted by Crippen LogP contribution is 2.08. The summed E-state index contributed by atoms with van der Waals surface area (Å²) in [7, 11) is 1.67. The second-order valence-corrected chi connectivity index (χ2v) is 3.69. The first-order valence-electron chi connectivity index (χ1n) is 5.30. The molecule has 3 N–H and O–H groups in total. The first kappa shape index (κ1) is 14.2. The highest BCUT2D eigenvalue weighted by molar-refractivity contribution is 5.84. The van der Waals surface area contributed by atoms with E-state index in [4.69, 9.17) is 15.7 Å². The van der Waals surface area contributed by atoms with E-state index in [-0.39, 0.29) is 11.9 Å². The SMILES string of the molecule is CCC(C)N(CCOC)C(C)C(N)=NO. The van der Waals surface area contributed by atoms with Crippen LogP contribution in [0.3, 0.4) is 0 Å². The summed E-state index contributed by atoms with van der Waals surface area (Å²) in [5.41, 5.74) is 5.60. The summed E-state index contributed by atoms with van der Waals surface area (Å²) in [5, 5.41) is 11.7. The van der Waals surface area contributed by atoms with Gasteiger partial charge >= 0.3 is 0 Å². The molecule has 0 fully saturated rings. The predicted molar refractivity (Wildman–Crippen MR) is 61.2 cm³/mol. The first-order chi connectivity index (χ1) is 7.08. The van der Waals surface area contributed by atoms with E-state index in [1.165, 1.54) is 0 Å². The number of methoxy groups -OCH3 is 1. The van der Waals surface area contributed by atoms with Gasteiger partial charge in [-0.15, -0.1) is 0 Å². The predicted octanol–water partition coefficient (Wildman–Crippen LogP) is 0.868. The van der Waals surface area contributed by atoms with Crippen molar-refractivity contribution in [3.63, 3.8) is 0 Å². The van der Waals surface area contributed by atoms with Crippen LogP contribution in [0.25, 0.3) is 0 Å². The normalized spacial score (nSPS) is 16.7. The van der Waals surface area contributed by atoms with E-state index in [0.29, 0.717) is 12.6 Å². The van der Waals surface area contributed by atoms with Gasteiger partial charge in [0, 0.05) is 19.7 Å². The minimum Gasteiger partial charge on any atom is -0.409 e. The van der Waals surface area contributed by atoms with E-state index >= 15 is 0 Å². The van der Waals surface area contributed by atoms with Crippen LogP contribution in [0.2, 0.25) is 0 Å². The molecule has 0 rings (SSSR count). The fourth-order valence-electron chi connectivity index (χ4n) is 1.48. The third-order valence-electron chi connectivity index (χ3n) is 2.75. The Bertz CT molecular complexity index is 197. The fourth-order valence-corrected chi connectivity index (χ4v) is 1.48. The van der Waals surface area contributed by atoms with E-state index in [9.17, 15) is 0 Å². The van der Waals surface area contributed by atoms with Gasteiger partial charge in [0.1, 0.15) is 0 Å². The Morgan fingerprint density at radius 1 is 1.53 bits per heavy atom. The molecule has 0 heterocycles. The number of nitrogens with zero attached hydrogens (tertiary/aromatic N) is 2. The Morgan fingerprint density at radius 3 is 2.53 bits per heavy atom. The largest absolute Gasteiger partial charge is 0.409 e.